The Kier molecular flexibility index (Phi) is 10.1. The van der Waals surface area contributed by atoms with Gasteiger partial charge in [-0.2, -0.15) is 0 Å². The minimum Gasteiger partial charge on any atom is -0.383 e. The van der Waals surface area contributed by atoms with Gasteiger partial charge in [-0.15, -0.1) is 0 Å². The lowest BCUT2D eigenvalue weighted by atomic mass is 10.3. The molecule has 5 heteroatoms. The number of ether oxygens (including phenoxy) is 1. The molecular weight excluding hydrogens is 218 g/mol. The van der Waals surface area contributed by atoms with Crippen LogP contribution in [0.2, 0.25) is 0 Å². The number of carbonyl (C=O) groups is 1. The van der Waals surface area contributed by atoms with Crippen LogP contribution in [0.5, 0.6) is 0 Å². The Morgan fingerprint density at radius 2 is 1.88 bits per heavy atom. The third kappa shape index (κ3) is 7.31. The van der Waals surface area contributed by atoms with Gasteiger partial charge in [0, 0.05) is 26.7 Å². The van der Waals surface area contributed by atoms with Crippen molar-refractivity contribution in [2.75, 3.05) is 53.0 Å². The third-order valence-electron chi connectivity index (χ3n) is 2.77. The molecule has 0 heterocycles. The molecule has 0 atom stereocenters. The van der Waals surface area contributed by atoms with Crippen molar-refractivity contribution in [1.29, 1.82) is 0 Å². The molecule has 0 saturated heterocycles. The Bertz CT molecular complexity index is 188. The number of nitrogens with zero attached hydrogens (tertiary/aromatic N) is 2. The monoisotopic (exact) mass is 245 g/mol. The minimum absolute atomic E-state index is 0.183. The van der Waals surface area contributed by atoms with E-state index >= 15 is 0 Å². The highest BCUT2D eigenvalue weighted by atomic mass is 16.5. The maximum atomic E-state index is 12.0. The fourth-order valence-corrected chi connectivity index (χ4v) is 1.67. The van der Waals surface area contributed by atoms with Crippen molar-refractivity contribution in [2.24, 2.45) is 5.73 Å². The molecule has 102 valence electrons. The van der Waals surface area contributed by atoms with Crippen LogP contribution < -0.4 is 5.73 Å². The highest BCUT2D eigenvalue weighted by molar-refractivity contribution is 5.78. The molecule has 0 saturated carbocycles. The van der Waals surface area contributed by atoms with Crippen LogP contribution in [-0.2, 0) is 9.53 Å². The number of amides is 1. The molecule has 0 fully saturated rings. The topological polar surface area (TPSA) is 58.8 Å². The highest BCUT2D eigenvalue weighted by Crippen LogP contribution is 1.96. The summed E-state index contributed by atoms with van der Waals surface area (Å²) in [6, 6.07) is 0. The van der Waals surface area contributed by atoms with Gasteiger partial charge in [0.15, 0.2) is 0 Å². The molecule has 0 aromatic rings. The second kappa shape index (κ2) is 10.5. The van der Waals surface area contributed by atoms with Crippen molar-refractivity contribution in [2.45, 2.75) is 20.3 Å². The first-order chi connectivity index (χ1) is 8.19. The summed E-state index contributed by atoms with van der Waals surface area (Å²) in [4.78, 5) is 15.9. The van der Waals surface area contributed by atoms with E-state index in [2.05, 4.69) is 4.90 Å². The zero-order valence-electron chi connectivity index (χ0n) is 11.4. The lowest BCUT2D eigenvalue weighted by Crippen LogP contribution is -2.42. The van der Waals surface area contributed by atoms with Gasteiger partial charge in [-0.05, 0) is 33.4 Å². The number of hydrogen-bond acceptors (Lipinski definition) is 4. The van der Waals surface area contributed by atoms with E-state index in [9.17, 15) is 4.79 Å². The predicted molar refractivity (Wildman–Crippen MR) is 69.9 cm³/mol. The van der Waals surface area contributed by atoms with Crippen LogP contribution >= 0.6 is 0 Å². The summed E-state index contributed by atoms with van der Waals surface area (Å²) in [5.74, 6) is 0.183. The number of nitrogens with two attached hydrogens (primary N) is 1. The molecule has 0 rings (SSSR count). The molecule has 2 N–H and O–H groups in total. The number of methoxy groups -OCH3 is 1. The minimum atomic E-state index is 0.183. The highest BCUT2D eigenvalue weighted by Gasteiger charge is 2.14. The van der Waals surface area contributed by atoms with Gasteiger partial charge < -0.3 is 15.4 Å². The summed E-state index contributed by atoms with van der Waals surface area (Å²) in [7, 11) is 1.67. The molecule has 0 radical (unpaired) electrons. The van der Waals surface area contributed by atoms with Gasteiger partial charge in [0.1, 0.15) is 0 Å². The lowest BCUT2D eigenvalue weighted by Gasteiger charge is -2.25. The largest absolute Gasteiger partial charge is 0.383 e. The van der Waals surface area contributed by atoms with Crippen LogP contribution in [0.1, 0.15) is 20.3 Å². The molecule has 0 aliphatic heterocycles. The van der Waals surface area contributed by atoms with Gasteiger partial charge in [-0.3, -0.25) is 9.69 Å². The van der Waals surface area contributed by atoms with Crippen molar-refractivity contribution in [3.63, 3.8) is 0 Å². The van der Waals surface area contributed by atoms with Crippen LogP contribution in [0.3, 0.4) is 0 Å². The van der Waals surface area contributed by atoms with E-state index in [1.54, 1.807) is 7.11 Å². The number of likely N-dealkylation sites (N-methyl/N-ethyl adjacent to an activating group) is 1. The van der Waals surface area contributed by atoms with Crippen molar-refractivity contribution >= 4 is 5.91 Å². The second-order valence-electron chi connectivity index (χ2n) is 3.98. The van der Waals surface area contributed by atoms with Crippen LogP contribution in [0, 0.1) is 0 Å². The molecule has 0 aliphatic carbocycles. The summed E-state index contributed by atoms with van der Waals surface area (Å²) in [6.45, 7) is 8.94. The van der Waals surface area contributed by atoms with Crippen molar-refractivity contribution < 1.29 is 9.53 Å². The Balaban J connectivity index is 4.14. The average molecular weight is 245 g/mol. The first kappa shape index (κ1) is 16.4. The molecule has 1 amide bonds. The summed E-state index contributed by atoms with van der Waals surface area (Å²) in [6.07, 6.45) is 0.912. The molecule has 0 aliphatic rings. The maximum absolute atomic E-state index is 12.0. The summed E-state index contributed by atoms with van der Waals surface area (Å²) in [5.41, 5.74) is 5.50. The Morgan fingerprint density at radius 3 is 2.35 bits per heavy atom. The molecule has 17 heavy (non-hydrogen) atoms. The predicted octanol–water partition coefficient (Wildman–Crippen LogP) is 0.152. The molecule has 0 aromatic heterocycles. The average Bonchev–Trinajstić information content (AvgIpc) is 2.34. The summed E-state index contributed by atoms with van der Waals surface area (Å²) < 4.78 is 5.05. The lowest BCUT2D eigenvalue weighted by molar-refractivity contribution is -0.132. The number of carbonyl (C=O) groups excluding carboxylic acids is 1. The summed E-state index contributed by atoms with van der Waals surface area (Å²) in [5, 5.41) is 0. The molecule has 0 unspecified atom stereocenters. The van der Waals surface area contributed by atoms with Crippen molar-refractivity contribution in [3.8, 4) is 0 Å². The Morgan fingerprint density at radius 1 is 1.24 bits per heavy atom. The summed E-state index contributed by atoms with van der Waals surface area (Å²) >= 11 is 0. The molecule has 0 bridgehead atoms. The van der Waals surface area contributed by atoms with Crippen molar-refractivity contribution in [1.82, 2.24) is 9.80 Å². The van der Waals surface area contributed by atoms with Gasteiger partial charge in [-0.25, -0.2) is 0 Å². The van der Waals surface area contributed by atoms with E-state index in [0.29, 0.717) is 19.7 Å². The van der Waals surface area contributed by atoms with Crippen molar-refractivity contribution in [3.05, 3.63) is 0 Å². The first-order valence-corrected chi connectivity index (χ1v) is 6.38. The molecule has 5 nitrogen and oxygen atoms in total. The fourth-order valence-electron chi connectivity index (χ4n) is 1.67. The number of hydrogen-bond donors (Lipinski definition) is 1. The van der Waals surface area contributed by atoms with E-state index in [1.807, 2.05) is 18.7 Å². The van der Waals surface area contributed by atoms with Gasteiger partial charge in [0.2, 0.25) is 5.91 Å². The quantitative estimate of drug-likeness (QED) is 0.595. The zero-order valence-corrected chi connectivity index (χ0v) is 11.4. The SMILES string of the molecule is CCN(CC)C(=O)CN(CCCN)CCOC. The standard InChI is InChI=1S/C12H27N3O2/c1-4-15(5-2)12(16)11-14(8-6-7-13)9-10-17-3/h4-11,13H2,1-3H3. The van der Waals surface area contributed by atoms with E-state index in [1.165, 1.54) is 0 Å². The number of rotatable bonds is 10. The van der Waals surface area contributed by atoms with E-state index in [4.69, 9.17) is 10.5 Å². The van der Waals surface area contributed by atoms with Gasteiger partial charge in [0.05, 0.1) is 13.2 Å². The van der Waals surface area contributed by atoms with Gasteiger partial charge in [0.25, 0.3) is 0 Å². The van der Waals surface area contributed by atoms with E-state index in [0.717, 1.165) is 32.6 Å². The van der Waals surface area contributed by atoms with Crippen LogP contribution in [-0.4, -0.2) is 68.7 Å². The fraction of sp³-hybridized carbons (Fsp3) is 0.917. The van der Waals surface area contributed by atoms with Crippen LogP contribution in [0.4, 0.5) is 0 Å². The molecular formula is C12H27N3O2. The molecule has 0 aromatic carbocycles. The third-order valence-corrected chi connectivity index (χ3v) is 2.77. The van der Waals surface area contributed by atoms with Gasteiger partial charge >= 0.3 is 0 Å². The van der Waals surface area contributed by atoms with Crippen LogP contribution in [0.25, 0.3) is 0 Å². The molecule has 0 spiro atoms. The smallest absolute Gasteiger partial charge is 0.236 e. The van der Waals surface area contributed by atoms with Crippen LogP contribution in [0.15, 0.2) is 0 Å². The first-order valence-electron chi connectivity index (χ1n) is 6.38. The van der Waals surface area contributed by atoms with E-state index < -0.39 is 0 Å². The second-order valence-corrected chi connectivity index (χ2v) is 3.98. The zero-order chi connectivity index (χ0) is 13.1. The Hall–Kier alpha value is -0.650. The van der Waals surface area contributed by atoms with Gasteiger partial charge in [-0.1, -0.05) is 0 Å². The normalized spacial score (nSPS) is 10.9. The van der Waals surface area contributed by atoms with E-state index in [-0.39, 0.29) is 5.91 Å². The Labute approximate surface area is 105 Å². The maximum Gasteiger partial charge on any atom is 0.236 e.